The first kappa shape index (κ1) is 11.6. The van der Waals surface area contributed by atoms with Gasteiger partial charge in [-0.15, -0.1) is 0 Å². The van der Waals surface area contributed by atoms with Gasteiger partial charge in [-0.25, -0.2) is 4.98 Å². The van der Waals surface area contributed by atoms with Crippen LogP contribution in [0.1, 0.15) is 12.5 Å². The Labute approximate surface area is 103 Å². The predicted molar refractivity (Wildman–Crippen MR) is 66.9 cm³/mol. The molecule has 0 unspecified atom stereocenters. The van der Waals surface area contributed by atoms with Crippen molar-refractivity contribution in [2.75, 3.05) is 5.73 Å². The summed E-state index contributed by atoms with van der Waals surface area (Å²) in [6.45, 7) is 1.85. The second-order valence-electron chi connectivity index (χ2n) is 3.49. The number of pyridine rings is 1. The van der Waals surface area contributed by atoms with Crippen LogP contribution in [-0.2, 0) is 6.42 Å². The van der Waals surface area contributed by atoms with E-state index in [1.165, 1.54) is 6.20 Å². The first-order valence-electron chi connectivity index (χ1n) is 5.12. The molecule has 0 bridgehead atoms. The molecule has 6 heteroatoms. The molecule has 2 heterocycles. The lowest BCUT2D eigenvalue weighted by Gasteiger charge is -2.04. The Morgan fingerprint density at radius 1 is 1.47 bits per heavy atom. The molecule has 0 amide bonds. The van der Waals surface area contributed by atoms with Gasteiger partial charge in [0.15, 0.2) is 5.82 Å². The average Bonchev–Trinajstić information content (AvgIpc) is 2.29. The van der Waals surface area contributed by atoms with E-state index in [1.807, 2.05) is 6.92 Å². The van der Waals surface area contributed by atoms with E-state index in [2.05, 4.69) is 15.0 Å². The smallest absolute Gasteiger partial charge is 0.256 e. The number of nitrogens with two attached hydrogens (primary N) is 1. The molecule has 0 aromatic carbocycles. The van der Waals surface area contributed by atoms with E-state index in [4.69, 9.17) is 17.3 Å². The van der Waals surface area contributed by atoms with Crippen LogP contribution in [0.5, 0.6) is 0 Å². The highest BCUT2D eigenvalue weighted by atomic mass is 35.5. The Morgan fingerprint density at radius 3 is 2.76 bits per heavy atom. The molecular formula is C11H11ClN4O. The summed E-state index contributed by atoms with van der Waals surface area (Å²) in [5.74, 6) is 0.587. The molecule has 5 nitrogen and oxygen atoms in total. The molecule has 0 aliphatic rings. The van der Waals surface area contributed by atoms with Crippen LogP contribution in [-0.4, -0.2) is 15.0 Å². The molecule has 88 valence electrons. The summed E-state index contributed by atoms with van der Waals surface area (Å²) < 4.78 is 0. The fourth-order valence-electron chi connectivity index (χ4n) is 1.49. The standard InChI is InChI=1S/C11H11ClN4O/c1-2-7-9(13)15-10(16-11(7)17)8-4-3-6(12)5-14-8/h3-5H,2H2,1H3,(H3,13,15,16,17). The number of halogens is 1. The number of anilines is 1. The number of rotatable bonds is 2. The molecular weight excluding hydrogens is 240 g/mol. The van der Waals surface area contributed by atoms with Crippen LogP contribution in [0.3, 0.4) is 0 Å². The summed E-state index contributed by atoms with van der Waals surface area (Å²) in [5, 5.41) is 0.522. The third-order valence-corrected chi connectivity index (χ3v) is 2.59. The zero-order valence-corrected chi connectivity index (χ0v) is 9.95. The van der Waals surface area contributed by atoms with E-state index in [0.29, 0.717) is 28.5 Å². The summed E-state index contributed by atoms with van der Waals surface area (Å²) in [6, 6.07) is 3.35. The normalized spacial score (nSPS) is 10.5. The fraction of sp³-hybridized carbons (Fsp3) is 0.182. The molecule has 2 rings (SSSR count). The summed E-state index contributed by atoms with van der Waals surface area (Å²) >= 11 is 5.73. The van der Waals surface area contributed by atoms with Crippen molar-refractivity contribution in [1.29, 1.82) is 0 Å². The SMILES string of the molecule is CCc1c(N)nc(-c2ccc(Cl)cn2)[nH]c1=O. The second-order valence-corrected chi connectivity index (χ2v) is 3.93. The Hall–Kier alpha value is -1.88. The summed E-state index contributed by atoms with van der Waals surface area (Å²) in [6.07, 6.45) is 2.03. The van der Waals surface area contributed by atoms with Crippen LogP contribution < -0.4 is 11.3 Å². The zero-order valence-electron chi connectivity index (χ0n) is 9.20. The maximum atomic E-state index is 11.7. The van der Waals surface area contributed by atoms with Crippen molar-refractivity contribution < 1.29 is 0 Å². The molecule has 0 atom stereocenters. The van der Waals surface area contributed by atoms with Gasteiger partial charge in [-0.2, -0.15) is 0 Å². The second kappa shape index (κ2) is 4.55. The van der Waals surface area contributed by atoms with Gasteiger partial charge in [0.25, 0.3) is 5.56 Å². The zero-order chi connectivity index (χ0) is 12.4. The van der Waals surface area contributed by atoms with Crippen LogP contribution in [0.2, 0.25) is 5.02 Å². The Balaban J connectivity index is 2.54. The number of nitrogens with zero attached hydrogens (tertiary/aromatic N) is 2. The number of nitrogens with one attached hydrogen (secondary N) is 1. The van der Waals surface area contributed by atoms with Crippen LogP contribution in [0.25, 0.3) is 11.5 Å². The summed E-state index contributed by atoms with van der Waals surface area (Å²) in [7, 11) is 0. The van der Waals surface area contributed by atoms with Crippen LogP contribution >= 0.6 is 11.6 Å². The van der Waals surface area contributed by atoms with Gasteiger partial charge in [-0.1, -0.05) is 18.5 Å². The van der Waals surface area contributed by atoms with E-state index in [0.717, 1.165) is 0 Å². The lowest BCUT2D eigenvalue weighted by atomic mass is 10.2. The summed E-state index contributed by atoms with van der Waals surface area (Å²) in [5.41, 5.74) is 6.50. The molecule has 0 aliphatic carbocycles. The van der Waals surface area contributed by atoms with Gasteiger partial charge in [0.2, 0.25) is 0 Å². The van der Waals surface area contributed by atoms with E-state index >= 15 is 0 Å². The van der Waals surface area contributed by atoms with E-state index in [-0.39, 0.29) is 11.4 Å². The molecule has 0 saturated heterocycles. The highest BCUT2D eigenvalue weighted by molar-refractivity contribution is 6.30. The maximum Gasteiger partial charge on any atom is 0.256 e. The van der Waals surface area contributed by atoms with Gasteiger partial charge in [0.05, 0.1) is 10.6 Å². The van der Waals surface area contributed by atoms with Gasteiger partial charge in [-0.05, 0) is 18.6 Å². The molecule has 0 spiro atoms. The average molecular weight is 251 g/mol. The molecule has 0 radical (unpaired) electrons. The van der Waals surface area contributed by atoms with Gasteiger partial charge in [-0.3, -0.25) is 9.78 Å². The van der Waals surface area contributed by atoms with E-state index in [9.17, 15) is 4.79 Å². The molecule has 3 N–H and O–H groups in total. The minimum atomic E-state index is -0.230. The monoisotopic (exact) mass is 250 g/mol. The van der Waals surface area contributed by atoms with E-state index in [1.54, 1.807) is 12.1 Å². The lowest BCUT2D eigenvalue weighted by molar-refractivity contribution is 1.01. The van der Waals surface area contributed by atoms with Gasteiger partial charge in [0, 0.05) is 6.20 Å². The van der Waals surface area contributed by atoms with Crippen molar-refractivity contribution >= 4 is 17.4 Å². The van der Waals surface area contributed by atoms with Gasteiger partial charge < -0.3 is 10.7 Å². The minimum absolute atomic E-state index is 0.230. The van der Waals surface area contributed by atoms with E-state index < -0.39 is 0 Å². The Kier molecular flexibility index (Phi) is 3.10. The van der Waals surface area contributed by atoms with Crippen molar-refractivity contribution in [3.63, 3.8) is 0 Å². The number of aromatic nitrogens is 3. The van der Waals surface area contributed by atoms with Crippen molar-refractivity contribution in [2.24, 2.45) is 0 Å². The summed E-state index contributed by atoms with van der Waals surface area (Å²) in [4.78, 5) is 22.5. The maximum absolute atomic E-state index is 11.7. The Morgan fingerprint density at radius 2 is 2.24 bits per heavy atom. The topological polar surface area (TPSA) is 84.7 Å². The quantitative estimate of drug-likeness (QED) is 0.848. The number of nitrogen functional groups attached to an aromatic ring is 1. The number of hydrogen-bond acceptors (Lipinski definition) is 4. The van der Waals surface area contributed by atoms with Crippen molar-refractivity contribution in [1.82, 2.24) is 15.0 Å². The first-order valence-corrected chi connectivity index (χ1v) is 5.50. The molecule has 2 aromatic rings. The molecule has 0 aliphatic heterocycles. The number of hydrogen-bond donors (Lipinski definition) is 2. The molecule has 0 saturated carbocycles. The van der Waals surface area contributed by atoms with Crippen LogP contribution in [0.4, 0.5) is 5.82 Å². The van der Waals surface area contributed by atoms with Crippen molar-refractivity contribution in [3.05, 3.63) is 39.3 Å². The molecule has 17 heavy (non-hydrogen) atoms. The fourth-order valence-corrected chi connectivity index (χ4v) is 1.61. The lowest BCUT2D eigenvalue weighted by Crippen LogP contribution is -2.17. The third-order valence-electron chi connectivity index (χ3n) is 2.37. The molecule has 0 fully saturated rings. The predicted octanol–water partition coefficient (Wildman–Crippen LogP) is 1.63. The number of H-pyrrole nitrogens is 1. The Bertz CT molecular complexity index is 591. The van der Waals surface area contributed by atoms with Crippen molar-refractivity contribution in [3.8, 4) is 11.5 Å². The highest BCUT2D eigenvalue weighted by Crippen LogP contribution is 2.15. The minimum Gasteiger partial charge on any atom is -0.383 e. The van der Waals surface area contributed by atoms with Crippen molar-refractivity contribution in [2.45, 2.75) is 13.3 Å². The van der Waals surface area contributed by atoms with Gasteiger partial charge in [0.1, 0.15) is 11.5 Å². The first-order chi connectivity index (χ1) is 8.11. The largest absolute Gasteiger partial charge is 0.383 e. The van der Waals surface area contributed by atoms with Crippen LogP contribution in [0.15, 0.2) is 23.1 Å². The highest BCUT2D eigenvalue weighted by Gasteiger charge is 2.09. The third kappa shape index (κ3) is 2.29. The molecule has 2 aromatic heterocycles. The van der Waals surface area contributed by atoms with Gasteiger partial charge >= 0.3 is 0 Å². The number of aromatic amines is 1. The van der Waals surface area contributed by atoms with Crippen LogP contribution in [0, 0.1) is 0 Å².